The number of benzene rings is 1. The Morgan fingerprint density at radius 3 is 2.57 bits per heavy atom. The quantitative estimate of drug-likeness (QED) is 0.541. The standard InChI is InChI=1S/C15H24ClN3O2.2ClH/c1-3-7-17-9-10-19-15(20)6-8-18-13-11-12(16)4-5-14(13)21-2;;/h4-5,11,17-18H,3,6-10H2,1-2H3,(H,19,20);2*1H. The number of hydrogen-bond donors (Lipinski definition) is 3. The second-order valence-electron chi connectivity index (χ2n) is 4.62. The highest BCUT2D eigenvalue weighted by Crippen LogP contribution is 2.27. The van der Waals surface area contributed by atoms with Crippen LogP contribution in [0.1, 0.15) is 19.8 Å². The van der Waals surface area contributed by atoms with Crippen molar-refractivity contribution in [2.75, 3.05) is 38.6 Å². The molecule has 0 saturated heterocycles. The number of rotatable bonds is 10. The predicted octanol–water partition coefficient (Wildman–Crippen LogP) is 3.11. The zero-order chi connectivity index (χ0) is 15.5. The molecule has 1 aromatic rings. The van der Waals surface area contributed by atoms with Crippen LogP contribution in [0.5, 0.6) is 5.75 Å². The van der Waals surface area contributed by atoms with E-state index in [0.29, 0.717) is 30.3 Å². The number of carbonyl (C=O) groups is 1. The lowest BCUT2D eigenvalue weighted by Crippen LogP contribution is -2.32. The summed E-state index contributed by atoms with van der Waals surface area (Å²) in [4.78, 5) is 11.7. The van der Waals surface area contributed by atoms with Crippen molar-refractivity contribution in [3.8, 4) is 5.75 Å². The average Bonchev–Trinajstić information content (AvgIpc) is 2.47. The van der Waals surface area contributed by atoms with Gasteiger partial charge >= 0.3 is 0 Å². The summed E-state index contributed by atoms with van der Waals surface area (Å²) in [6, 6.07) is 5.35. The largest absolute Gasteiger partial charge is 0.495 e. The zero-order valence-corrected chi connectivity index (χ0v) is 15.9. The van der Waals surface area contributed by atoms with Gasteiger partial charge < -0.3 is 20.7 Å². The molecule has 8 heteroatoms. The van der Waals surface area contributed by atoms with E-state index in [1.54, 1.807) is 25.3 Å². The minimum absolute atomic E-state index is 0. The Balaban J connectivity index is 0. The molecule has 1 aromatic carbocycles. The van der Waals surface area contributed by atoms with Gasteiger partial charge in [0.1, 0.15) is 5.75 Å². The molecule has 0 fully saturated rings. The van der Waals surface area contributed by atoms with Gasteiger partial charge in [-0.25, -0.2) is 0 Å². The van der Waals surface area contributed by atoms with E-state index in [0.717, 1.165) is 25.2 Å². The van der Waals surface area contributed by atoms with Crippen molar-refractivity contribution in [1.29, 1.82) is 0 Å². The smallest absolute Gasteiger partial charge is 0.221 e. The van der Waals surface area contributed by atoms with E-state index in [2.05, 4.69) is 22.9 Å². The predicted molar refractivity (Wildman–Crippen MR) is 102 cm³/mol. The van der Waals surface area contributed by atoms with Crippen molar-refractivity contribution in [1.82, 2.24) is 10.6 Å². The highest BCUT2D eigenvalue weighted by molar-refractivity contribution is 6.30. The molecular weight excluding hydrogens is 361 g/mol. The number of nitrogens with one attached hydrogen (secondary N) is 3. The molecule has 0 radical (unpaired) electrons. The third kappa shape index (κ3) is 10.5. The summed E-state index contributed by atoms with van der Waals surface area (Å²) in [5, 5.41) is 9.89. The fraction of sp³-hybridized carbons (Fsp3) is 0.533. The van der Waals surface area contributed by atoms with Crippen LogP contribution in [-0.4, -0.2) is 39.2 Å². The van der Waals surface area contributed by atoms with Crippen molar-refractivity contribution in [2.45, 2.75) is 19.8 Å². The Morgan fingerprint density at radius 2 is 1.91 bits per heavy atom. The average molecular weight is 387 g/mol. The van der Waals surface area contributed by atoms with E-state index in [1.165, 1.54) is 0 Å². The molecule has 0 bridgehead atoms. The SMILES string of the molecule is CCCNCCNC(=O)CCNc1cc(Cl)ccc1OC.Cl.Cl. The summed E-state index contributed by atoms with van der Waals surface area (Å²) in [7, 11) is 1.60. The van der Waals surface area contributed by atoms with Crippen LogP contribution in [0.25, 0.3) is 0 Å². The normalized spacial score (nSPS) is 9.35. The number of halogens is 3. The molecule has 23 heavy (non-hydrogen) atoms. The Labute approximate surface area is 155 Å². The van der Waals surface area contributed by atoms with E-state index >= 15 is 0 Å². The van der Waals surface area contributed by atoms with Gasteiger partial charge in [0.2, 0.25) is 5.91 Å². The van der Waals surface area contributed by atoms with Crippen molar-refractivity contribution in [3.63, 3.8) is 0 Å². The van der Waals surface area contributed by atoms with Crippen molar-refractivity contribution >= 4 is 48.0 Å². The molecule has 0 atom stereocenters. The highest BCUT2D eigenvalue weighted by Gasteiger charge is 2.05. The number of carbonyl (C=O) groups excluding carboxylic acids is 1. The zero-order valence-electron chi connectivity index (χ0n) is 13.5. The third-order valence-electron chi connectivity index (χ3n) is 2.88. The van der Waals surface area contributed by atoms with Gasteiger partial charge in [-0.05, 0) is 31.2 Å². The van der Waals surface area contributed by atoms with Gasteiger partial charge in [0.15, 0.2) is 0 Å². The van der Waals surface area contributed by atoms with Gasteiger partial charge in [0.05, 0.1) is 12.8 Å². The maximum Gasteiger partial charge on any atom is 0.221 e. The van der Waals surface area contributed by atoms with Crippen LogP contribution < -0.4 is 20.7 Å². The molecule has 0 saturated carbocycles. The lowest BCUT2D eigenvalue weighted by atomic mass is 10.2. The Bertz CT molecular complexity index is 448. The molecule has 134 valence electrons. The molecule has 3 N–H and O–H groups in total. The van der Waals surface area contributed by atoms with Crippen molar-refractivity contribution in [3.05, 3.63) is 23.2 Å². The molecule has 5 nitrogen and oxygen atoms in total. The van der Waals surface area contributed by atoms with Crippen LogP contribution in [0.2, 0.25) is 5.02 Å². The topological polar surface area (TPSA) is 62.4 Å². The van der Waals surface area contributed by atoms with Gasteiger partial charge in [0, 0.05) is 31.1 Å². The van der Waals surface area contributed by atoms with Crippen molar-refractivity contribution < 1.29 is 9.53 Å². The first-order chi connectivity index (χ1) is 10.2. The number of hydrogen-bond acceptors (Lipinski definition) is 4. The van der Waals surface area contributed by atoms with E-state index < -0.39 is 0 Å². The van der Waals surface area contributed by atoms with E-state index in [1.807, 2.05) is 0 Å². The molecule has 0 aromatic heterocycles. The third-order valence-corrected chi connectivity index (χ3v) is 3.11. The number of methoxy groups -OCH3 is 1. The number of anilines is 1. The minimum atomic E-state index is 0. The monoisotopic (exact) mass is 385 g/mol. The van der Waals surface area contributed by atoms with Crippen molar-refractivity contribution in [2.24, 2.45) is 0 Å². The van der Waals surface area contributed by atoms with Crippen LogP contribution in [0, 0.1) is 0 Å². The minimum Gasteiger partial charge on any atom is -0.495 e. The summed E-state index contributed by atoms with van der Waals surface area (Å²) < 4.78 is 5.23. The van der Waals surface area contributed by atoms with Crippen LogP contribution in [-0.2, 0) is 4.79 Å². The molecule has 0 unspecified atom stereocenters. The summed E-state index contributed by atoms with van der Waals surface area (Å²) in [5.41, 5.74) is 0.794. The number of ether oxygens (including phenoxy) is 1. The first-order valence-corrected chi connectivity index (χ1v) is 7.60. The van der Waals surface area contributed by atoms with Gasteiger partial charge in [0.25, 0.3) is 0 Å². The first-order valence-electron chi connectivity index (χ1n) is 7.22. The number of amides is 1. The fourth-order valence-electron chi connectivity index (χ4n) is 1.81. The maximum atomic E-state index is 11.7. The highest BCUT2D eigenvalue weighted by atomic mass is 35.5. The molecule has 1 amide bonds. The molecule has 0 aliphatic carbocycles. The van der Waals surface area contributed by atoms with Crippen LogP contribution in [0.3, 0.4) is 0 Å². The van der Waals surface area contributed by atoms with E-state index in [-0.39, 0.29) is 30.7 Å². The fourth-order valence-corrected chi connectivity index (χ4v) is 1.98. The van der Waals surface area contributed by atoms with E-state index in [9.17, 15) is 4.79 Å². The lowest BCUT2D eigenvalue weighted by molar-refractivity contribution is -0.120. The summed E-state index contributed by atoms with van der Waals surface area (Å²) in [5.74, 6) is 0.741. The summed E-state index contributed by atoms with van der Waals surface area (Å²) in [6.45, 7) is 5.08. The molecule has 0 heterocycles. The van der Waals surface area contributed by atoms with Crippen LogP contribution >= 0.6 is 36.4 Å². The molecule has 0 aliphatic rings. The second-order valence-corrected chi connectivity index (χ2v) is 5.06. The Kier molecular flexibility index (Phi) is 15.6. The lowest BCUT2D eigenvalue weighted by Gasteiger charge is -2.11. The first kappa shape index (κ1) is 24.4. The van der Waals surface area contributed by atoms with Crippen LogP contribution in [0.15, 0.2) is 18.2 Å². The molecular formula is C15H26Cl3N3O2. The van der Waals surface area contributed by atoms with Gasteiger partial charge in [-0.1, -0.05) is 18.5 Å². The van der Waals surface area contributed by atoms with Gasteiger partial charge in [-0.3, -0.25) is 4.79 Å². The van der Waals surface area contributed by atoms with Gasteiger partial charge in [-0.2, -0.15) is 0 Å². The van der Waals surface area contributed by atoms with Crippen LogP contribution in [0.4, 0.5) is 5.69 Å². The molecule has 0 aliphatic heterocycles. The van der Waals surface area contributed by atoms with E-state index in [4.69, 9.17) is 16.3 Å². The summed E-state index contributed by atoms with van der Waals surface area (Å²) in [6.07, 6.45) is 1.50. The Hall–Kier alpha value is -0.880. The summed E-state index contributed by atoms with van der Waals surface area (Å²) >= 11 is 5.94. The molecule has 0 spiro atoms. The molecule has 1 rings (SSSR count). The van der Waals surface area contributed by atoms with Gasteiger partial charge in [-0.15, -0.1) is 24.8 Å². The maximum absolute atomic E-state index is 11.7. The Morgan fingerprint density at radius 1 is 1.17 bits per heavy atom. The second kappa shape index (κ2) is 14.7.